The lowest BCUT2D eigenvalue weighted by atomic mass is 10.7. The van der Waals surface area contributed by atoms with Crippen LogP contribution in [-0.4, -0.2) is 53.3 Å². The first-order chi connectivity index (χ1) is 6.52. The molecule has 84 valence electrons. The Balaban J connectivity index is 3.65. The second-order valence-corrected chi connectivity index (χ2v) is 6.36. The molecule has 5 nitrogen and oxygen atoms in total. The topological polar surface area (TPSA) is 56.8 Å². The Hall–Kier alpha value is -0.220. The molecule has 0 aliphatic carbocycles. The van der Waals surface area contributed by atoms with Gasteiger partial charge in [-0.2, -0.15) is 5.09 Å². The highest BCUT2D eigenvalue weighted by molar-refractivity contribution is 7.67. The zero-order valence-electron chi connectivity index (χ0n) is 9.20. The van der Waals surface area contributed by atoms with Crippen molar-refractivity contribution in [3.8, 4) is 0 Å². The normalized spacial score (nSPS) is 11.4. The SMILES string of the molecule is COCCO[P+](C)(C)NCC(=O)OC. The van der Waals surface area contributed by atoms with E-state index >= 15 is 0 Å². The largest absolute Gasteiger partial charge is 0.468 e. The van der Waals surface area contributed by atoms with Crippen LogP contribution in [0.25, 0.3) is 0 Å². The molecule has 0 atom stereocenters. The van der Waals surface area contributed by atoms with Crippen molar-refractivity contribution in [3.05, 3.63) is 0 Å². The summed E-state index contributed by atoms with van der Waals surface area (Å²) in [7, 11) is 1.31. The molecule has 0 bridgehead atoms. The van der Waals surface area contributed by atoms with Gasteiger partial charge in [0.2, 0.25) is 7.64 Å². The van der Waals surface area contributed by atoms with Gasteiger partial charge in [0, 0.05) is 7.11 Å². The Bertz CT molecular complexity index is 175. The summed E-state index contributed by atoms with van der Waals surface area (Å²) >= 11 is 0. The molecule has 0 aromatic rings. The maximum absolute atomic E-state index is 10.8. The monoisotopic (exact) mass is 224 g/mol. The quantitative estimate of drug-likeness (QED) is 0.388. The Morgan fingerprint density at radius 2 is 1.93 bits per heavy atom. The van der Waals surface area contributed by atoms with Crippen LogP contribution in [0.3, 0.4) is 0 Å². The summed E-state index contributed by atoms with van der Waals surface area (Å²) < 4.78 is 14.9. The van der Waals surface area contributed by atoms with Gasteiger partial charge in [-0.3, -0.25) is 4.79 Å². The molecule has 0 amide bonds. The Morgan fingerprint density at radius 1 is 1.29 bits per heavy atom. The molecule has 0 unspecified atom stereocenters. The van der Waals surface area contributed by atoms with Gasteiger partial charge in [0.05, 0.1) is 27.0 Å². The van der Waals surface area contributed by atoms with Crippen molar-refractivity contribution < 1.29 is 18.8 Å². The minimum Gasteiger partial charge on any atom is -0.468 e. The van der Waals surface area contributed by atoms with E-state index in [1.807, 2.05) is 13.3 Å². The molecule has 0 aliphatic rings. The number of carbonyl (C=O) groups excluding carboxylic acids is 1. The zero-order chi connectivity index (χ0) is 11.0. The number of methoxy groups -OCH3 is 2. The van der Waals surface area contributed by atoms with Gasteiger partial charge in [0.1, 0.15) is 13.2 Å². The third-order valence-electron chi connectivity index (χ3n) is 1.53. The fourth-order valence-corrected chi connectivity index (χ4v) is 1.85. The highest BCUT2D eigenvalue weighted by atomic mass is 31.2. The van der Waals surface area contributed by atoms with Crippen molar-refractivity contribution in [3.63, 3.8) is 0 Å². The summed E-state index contributed by atoms with van der Waals surface area (Å²) in [5.74, 6) is -0.284. The highest BCUT2D eigenvalue weighted by Gasteiger charge is 2.27. The molecule has 0 aromatic heterocycles. The minimum absolute atomic E-state index is 0.185. The van der Waals surface area contributed by atoms with Crippen LogP contribution in [0.15, 0.2) is 0 Å². The van der Waals surface area contributed by atoms with E-state index in [0.717, 1.165) is 0 Å². The van der Waals surface area contributed by atoms with Crippen molar-refractivity contribution in [2.24, 2.45) is 0 Å². The predicted octanol–water partition coefficient (Wildman–Crippen LogP) is 0.519. The van der Waals surface area contributed by atoms with Crippen molar-refractivity contribution in [2.45, 2.75) is 0 Å². The maximum Gasteiger partial charge on any atom is 0.323 e. The smallest absolute Gasteiger partial charge is 0.323 e. The minimum atomic E-state index is -1.67. The van der Waals surface area contributed by atoms with Gasteiger partial charge in [-0.05, 0) is 0 Å². The molecule has 0 saturated heterocycles. The standard InChI is InChI=1S/C8H19NO4P/c1-11-5-6-13-14(3,4)9-7-8(10)12-2/h9H,5-7H2,1-4H3/q+1. The van der Waals surface area contributed by atoms with Gasteiger partial charge < -0.3 is 9.47 Å². The van der Waals surface area contributed by atoms with Crippen molar-refractivity contribution >= 4 is 13.6 Å². The molecule has 0 spiro atoms. The molecule has 0 rings (SSSR count). The molecule has 0 heterocycles. The van der Waals surface area contributed by atoms with Crippen LogP contribution in [0.5, 0.6) is 0 Å². The summed E-state index contributed by atoms with van der Waals surface area (Å²) in [6.45, 7) is 5.18. The average molecular weight is 224 g/mol. The molecule has 0 saturated carbocycles. The van der Waals surface area contributed by atoms with Gasteiger partial charge in [-0.1, -0.05) is 0 Å². The summed E-state index contributed by atoms with van der Waals surface area (Å²) in [6, 6.07) is 0. The lowest BCUT2D eigenvalue weighted by Gasteiger charge is -2.16. The molecule has 1 N–H and O–H groups in total. The molecule has 0 aromatic carbocycles. The van der Waals surface area contributed by atoms with Gasteiger partial charge in [-0.15, -0.1) is 0 Å². The Labute approximate surface area is 85.6 Å². The number of carbonyl (C=O) groups is 1. The average Bonchev–Trinajstić information content (AvgIpc) is 2.14. The lowest BCUT2D eigenvalue weighted by molar-refractivity contribution is -0.139. The van der Waals surface area contributed by atoms with Crippen LogP contribution in [0, 0.1) is 0 Å². The fraction of sp³-hybridized carbons (Fsp3) is 0.875. The third kappa shape index (κ3) is 7.21. The van der Waals surface area contributed by atoms with E-state index in [2.05, 4.69) is 9.82 Å². The van der Waals surface area contributed by atoms with Gasteiger partial charge in [-0.25, -0.2) is 4.52 Å². The van der Waals surface area contributed by atoms with E-state index in [1.165, 1.54) is 7.11 Å². The molecule has 0 aliphatic heterocycles. The second-order valence-electron chi connectivity index (χ2n) is 3.09. The summed E-state index contributed by atoms with van der Waals surface area (Å²) in [6.07, 6.45) is 0. The van der Waals surface area contributed by atoms with E-state index in [0.29, 0.717) is 13.2 Å². The van der Waals surface area contributed by atoms with Crippen molar-refractivity contribution in [1.82, 2.24) is 5.09 Å². The molecule has 0 fully saturated rings. The first kappa shape index (κ1) is 13.8. The maximum atomic E-state index is 10.8. The van der Waals surface area contributed by atoms with Crippen LogP contribution < -0.4 is 5.09 Å². The number of hydrogen-bond acceptors (Lipinski definition) is 5. The number of nitrogens with one attached hydrogen (secondary N) is 1. The third-order valence-corrected chi connectivity index (χ3v) is 3.28. The summed E-state index contributed by atoms with van der Waals surface area (Å²) in [5, 5.41) is 3.03. The van der Waals surface area contributed by atoms with Crippen LogP contribution >= 0.6 is 7.64 Å². The first-order valence-corrected chi connectivity index (χ1v) is 6.91. The predicted molar refractivity (Wildman–Crippen MR) is 56.6 cm³/mol. The van der Waals surface area contributed by atoms with Crippen LogP contribution in [-0.2, 0) is 18.8 Å². The van der Waals surface area contributed by atoms with Crippen molar-refractivity contribution in [1.29, 1.82) is 0 Å². The van der Waals surface area contributed by atoms with E-state index in [-0.39, 0.29) is 12.5 Å². The number of hydrogen-bond donors (Lipinski definition) is 1. The van der Waals surface area contributed by atoms with Crippen LogP contribution in [0.1, 0.15) is 0 Å². The molecule has 14 heavy (non-hydrogen) atoms. The van der Waals surface area contributed by atoms with E-state index in [9.17, 15) is 4.79 Å². The lowest BCUT2D eigenvalue weighted by Crippen LogP contribution is -2.25. The highest BCUT2D eigenvalue weighted by Crippen LogP contribution is 2.46. The molecular weight excluding hydrogens is 205 g/mol. The van der Waals surface area contributed by atoms with E-state index < -0.39 is 7.64 Å². The Kier molecular flexibility index (Phi) is 7.01. The van der Waals surface area contributed by atoms with Crippen molar-refractivity contribution in [2.75, 3.05) is 47.3 Å². The van der Waals surface area contributed by atoms with Crippen LogP contribution in [0.4, 0.5) is 0 Å². The summed E-state index contributed by atoms with van der Waals surface area (Å²) in [5.41, 5.74) is 0. The first-order valence-electron chi connectivity index (χ1n) is 4.31. The van der Waals surface area contributed by atoms with Gasteiger partial charge >= 0.3 is 5.97 Å². The molecule has 6 heteroatoms. The molecule has 0 radical (unpaired) electrons. The summed E-state index contributed by atoms with van der Waals surface area (Å²) in [4.78, 5) is 10.8. The number of esters is 1. The van der Waals surface area contributed by atoms with Gasteiger partial charge in [0.15, 0.2) is 0 Å². The number of ether oxygens (including phenoxy) is 2. The fourth-order valence-electron chi connectivity index (χ4n) is 0.722. The van der Waals surface area contributed by atoms with Gasteiger partial charge in [0.25, 0.3) is 0 Å². The Morgan fingerprint density at radius 3 is 2.43 bits per heavy atom. The zero-order valence-corrected chi connectivity index (χ0v) is 10.1. The number of rotatable bonds is 7. The van der Waals surface area contributed by atoms with E-state index in [1.54, 1.807) is 7.11 Å². The van der Waals surface area contributed by atoms with E-state index in [4.69, 9.17) is 9.26 Å². The second kappa shape index (κ2) is 7.12. The van der Waals surface area contributed by atoms with Crippen LogP contribution in [0.2, 0.25) is 0 Å². The molecular formula is C8H19NO4P+.